The van der Waals surface area contributed by atoms with E-state index < -0.39 is 17.7 Å². The summed E-state index contributed by atoms with van der Waals surface area (Å²) in [6.45, 7) is 2.62. The summed E-state index contributed by atoms with van der Waals surface area (Å²) in [5, 5.41) is 10.2. The van der Waals surface area contributed by atoms with Crippen LogP contribution in [-0.4, -0.2) is 22.2 Å². The molecule has 0 atom stereocenters. The molecule has 3 aromatic rings. The third-order valence-corrected chi connectivity index (χ3v) is 4.21. The summed E-state index contributed by atoms with van der Waals surface area (Å²) in [5.41, 5.74) is 0.540. The molecular weight excluding hydrogens is 359 g/mol. The molecule has 3 rings (SSSR count). The van der Waals surface area contributed by atoms with Crippen molar-refractivity contribution in [3.8, 4) is 5.75 Å². The number of aromatic nitrogens is 1. The maximum Gasteiger partial charge on any atom is 0.416 e. The molecule has 1 aromatic heterocycles. The molecular formula is C20H18F3NO3. The van der Waals surface area contributed by atoms with Crippen LogP contribution in [0.1, 0.15) is 35.0 Å². The van der Waals surface area contributed by atoms with Gasteiger partial charge in [0.25, 0.3) is 0 Å². The Morgan fingerprint density at radius 2 is 1.85 bits per heavy atom. The molecule has 0 spiro atoms. The van der Waals surface area contributed by atoms with Crippen molar-refractivity contribution < 1.29 is 27.8 Å². The minimum absolute atomic E-state index is 0.0532. The topological polar surface area (TPSA) is 51.5 Å². The highest BCUT2D eigenvalue weighted by atomic mass is 19.4. The molecule has 0 saturated carbocycles. The number of benzene rings is 2. The van der Waals surface area contributed by atoms with Crippen molar-refractivity contribution in [3.05, 3.63) is 65.4 Å². The van der Waals surface area contributed by atoms with Gasteiger partial charge in [-0.05, 0) is 42.3 Å². The van der Waals surface area contributed by atoms with E-state index in [9.17, 15) is 23.1 Å². The standard InChI is InChI=1S/C20H18F3NO3/c1-2-10-27-18-5-3-4-16-15(18)11-17(19(25)26)24(16)12-13-6-8-14(9-7-13)20(21,22)23/h3-9,11H,2,10,12H2,1H3,(H,25,26). The summed E-state index contributed by atoms with van der Waals surface area (Å²) in [5.74, 6) is -0.525. The molecule has 0 unspecified atom stereocenters. The molecule has 4 nitrogen and oxygen atoms in total. The minimum Gasteiger partial charge on any atom is -0.493 e. The Bertz CT molecular complexity index is 959. The largest absolute Gasteiger partial charge is 0.493 e. The highest BCUT2D eigenvalue weighted by Crippen LogP contribution is 2.31. The van der Waals surface area contributed by atoms with E-state index in [1.165, 1.54) is 18.2 Å². The second-order valence-corrected chi connectivity index (χ2v) is 6.15. The second-order valence-electron chi connectivity index (χ2n) is 6.15. The summed E-state index contributed by atoms with van der Waals surface area (Å²) >= 11 is 0. The predicted molar refractivity (Wildman–Crippen MR) is 95.2 cm³/mol. The van der Waals surface area contributed by atoms with Gasteiger partial charge in [0.05, 0.1) is 17.7 Å². The fourth-order valence-corrected chi connectivity index (χ4v) is 2.92. The molecule has 1 heterocycles. The molecule has 7 heteroatoms. The second kappa shape index (κ2) is 7.34. The predicted octanol–water partition coefficient (Wildman–Crippen LogP) is 5.20. The van der Waals surface area contributed by atoms with Crippen LogP contribution in [0.2, 0.25) is 0 Å². The Morgan fingerprint density at radius 1 is 1.15 bits per heavy atom. The molecule has 0 aliphatic carbocycles. The van der Waals surface area contributed by atoms with Gasteiger partial charge >= 0.3 is 12.1 Å². The zero-order valence-electron chi connectivity index (χ0n) is 14.6. The van der Waals surface area contributed by atoms with Crippen LogP contribution in [0, 0.1) is 0 Å². The van der Waals surface area contributed by atoms with Gasteiger partial charge in [-0.3, -0.25) is 0 Å². The Balaban J connectivity index is 2.02. The lowest BCUT2D eigenvalue weighted by atomic mass is 10.1. The average molecular weight is 377 g/mol. The maximum absolute atomic E-state index is 12.7. The molecule has 0 amide bonds. The summed E-state index contributed by atoms with van der Waals surface area (Å²) in [6, 6.07) is 11.6. The van der Waals surface area contributed by atoms with Crippen molar-refractivity contribution in [2.45, 2.75) is 26.1 Å². The third-order valence-electron chi connectivity index (χ3n) is 4.21. The van der Waals surface area contributed by atoms with E-state index in [1.807, 2.05) is 6.92 Å². The highest BCUT2D eigenvalue weighted by molar-refractivity contribution is 5.97. The van der Waals surface area contributed by atoms with Crippen molar-refractivity contribution in [1.82, 2.24) is 4.57 Å². The molecule has 0 aliphatic heterocycles. The van der Waals surface area contributed by atoms with Crippen LogP contribution < -0.4 is 4.74 Å². The molecule has 27 heavy (non-hydrogen) atoms. The molecule has 0 radical (unpaired) electrons. The number of rotatable bonds is 6. The first-order valence-electron chi connectivity index (χ1n) is 8.45. The quantitative estimate of drug-likeness (QED) is 0.643. The van der Waals surface area contributed by atoms with Gasteiger partial charge in [0.1, 0.15) is 11.4 Å². The smallest absolute Gasteiger partial charge is 0.416 e. The van der Waals surface area contributed by atoms with Crippen molar-refractivity contribution in [3.63, 3.8) is 0 Å². The van der Waals surface area contributed by atoms with E-state index >= 15 is 0 Å². The number of hydrogen-bond acceptors (Lipinski definition) is 2. The van der Waals surface area contributed by atoms with Crippen LogP contribution in [0.3, 0.4) is 0 Å². The number of fused-ring (bicyclic) bond motifs is 1. The number of aromatic carboxylic acids is 1. The Kier molecular flexibility index (Phi) is 5.12. The molecule has 0 fully saturated rings. The van der Waals surface area contributed by atoms with Gasteiger partial charge in [-0.25, -0.2) is 4.79 Å². The van der Waals surface area contributed by atoms with Gasteiger partial charge in [-0.1, -0.05) is 25.1 Å². The molecule has 0 aliphatic rings. The van der Waals surface area contributed by atoms with Crippen LogP contribution in [0.25, 0.3) is 10.9 Å². The average Bonchev–Trinajstić information content (AvgIpc) is 2.99. The van der Waals surface area contributed by atoms with Crippen LogP contribution in [0.4, 0.5) is 13.2 Å². The summed E-state index contributed by atoms with van der Waals surface area (Å²) in [6.07, 6.45) is -3.59. The fraction of sp³-hybridized carbons (Fsp3) is 0.250. The Hall–Kier alpha value is -2.96. The summed E-state index contributed by atoms with van der Waals surface area (Å²) in [4.78, 5) is 11.7. The third kappa shape index (κ3) is 3.92. The number of alkyl halides is 3. The molecule has 0 bridgehead atoms. The van der Waals surface area contributed by atoms with Gasteiger partial charge in [-0.15, -0.1) is 0 Å². The van der Waals surface area contributed by atoms with Gasteiger partial charge in [0, 0.05) is 11.9 Å². The lowest BCUT2D eigenvalue weighted by Crippen LogP contribution is -2.10. The molecule has 142 valence electrons. The fourth-order valence-electron chi connectivity index (χ4n) is 2.92. The Morgan fingerprint density at radius 3 is 2.44 bits per heavy atom. The normalized spacial score (nSPS) is 11.7. The Labute approximate surface area is 153 Å². The first-order chi connectivity index (χ1) is 12.8. The number of ether oxygens (including phenoxy) is 1. The number of halogens is 3. The van der Waals surface area contributed by atoms with E-state index in [-0.39, 0.29) is 12.2 Å². The van der Waals surface area contributed by atoms with Crippen molar-refractivity contribution in [2.75, 3.05) is 6.61 Å². The number of nitrogens with zero attached hydrogens (tertiary/aromatic N) is 1. The van der Waals surface area contributed by atoms with Crippen molar-refractivity contribution in [2.24, 2.45) is 0 Å². The maximum atomic E-state index is 12.7. The minimum atomic E-state index is -4.41. The monoisotopic (exact) mass is 377 g/mol. The number of carbonyl (C=O) groups is 1. The van der Waals surface area contributed by atoms with Crippen LogP contribution >= 0.6 is 0 Å². The first-order valence-corrected chi connectivity index (χ1v) is 8.45. The zero-order chi connectivity index (χ0) is 19.6. The van der Waals surface area contributed by atoms with Crippen molar-refractivity contribution in [1.29, 1.82) is 0 Å². The van der Waals surface area contributed by atoms with Crippen LogP contribution in [0.15, 0.2) is 48.5 Å². The number of carboxylic acid groups (broad SMARTS) is 1. The van der Waals surface area contributed by atoms with Crippen LogP contribution in [0.5, 0.6) is 5.75 Å². The number of carboxylic acids is 1. The molecule has 2 aromatic carbocycles. The van der Waals surface area contributed by atoms with Gasteiger partial charge in [0.2, 0.25) is 0 Å². The zero-order valence-corrected chi connectivity index (χ0v) is 14.6. The van der Waals surface area contributed by atoms with E-state index in [1.54, 1.807) is 22.8 Å². The van der Waals surface area contributed by atoms with E-state index in [0.29, 0.717) is 28.8 Å². The summed E-state index contributed by atoms with van der Waals surface area (Å²) < 4.78 is 45.4. The highest BCUT2D eigenvalue weighted by Gasteiger charge is 2.30. The SMILES string of the molecule is CCCOc1cccc2c1cc(C(=O)O)n2Cc1ccc(C(F)(F)F)cc1. The van der Waals surface area contributed by atoms with Gasteiger partial charge < -0.3 is 14.4 Å². The van der Waals surface area contributed by atoms with Gasteiger partial charge in [-0.2, -0.15) is 13.2 Å². The summed E-state index contributed by atoms with van der Waals surface area (Å²) in [7, 11) is 0. The number of hydrogen-bond donors (Lipinski definition) is 1. The van der Waals surface area contributed by atoms with Crippen LogP contribution in [-0.2, 0) is 12.7 Å². The van der Waals surface area contributed by atoms with E-state index in [2.05, 4.69) is 0 Å². The van der Waals surface area contributed by atoms with Crippen molar-refractivity contribution >= 4 is 16.9 Å². The van der Waals surface area contributed by atoms with E-state index in [4.69, 9.17) is 4.74 Å². The lowest BCUT2D eigenvalue weighted by molar-refractivity contribution is -0.137. The lowest BCUT2D eigenvalue weighted by Gasteiger charge is -2.11. The van der Waals surface area contributed by atoms with Gasteiger partial charge in [0.15, 0.2) is 0 Å². The molecule has 1 N–H and O–H groups in total. The molecule has 0 saturated heterocycles. The first kappa shape index (κ1) is 18.8. The van der Waals surface area contributed by atoms with E-state index in [0.717, 1.165) is 18.6 Å².